The van der Waals surface area contributed by atoms with Gasteiger partial charge in [0.15, 0.2) is 17.5 Å². The molecule has 224 valence electrons. The van der Waals surface area contributed by atoms with Crippen LogP contribution in [0.15, 0.2) is 158 Å². The van der Waals surface area contributed by atoms with Crippen LogP contribution in [0, 0.1) is 0 Å². The largest absolute Gasteiger partial charge is 0.309 e. The Morgan fingerprint density at radius 1 is 0.396 bits per heavy atom. The summed E-state index contributed by atoms with van der Waals surface area (Å²) in [4.78, 5) is 15.2. The van der Waals surface area contributed by atoms with Crippen molar-refractivity contribution < 1.29 is 0 Å². The molecule has 3 heterocycles. The van der Waals surface area contributed by atoms with E-state index in [1.807, 2.05) is 29.5 Å². The van der Waals surface area contributed by atoms with Crippen LogP contribution in [0.25, 0.3) is 92.6 Å². The van der Waals surface area contributed by atoms with Crippen LogP contribution in [-0.2, 0) is 0 Å². The molecule has 0 atom stereocenters. The molecular weight excluding hydrogens is 605 g/mol. The van der Waals surface area contributed by atoms with Gasteiger partial charge in [0.25, 0.3) is 0 Å². The van der Waals surface area contributed by atoms with Crippen LogP contribution in [0.3, 0.4) is 0 Å². The van der Waals surface area contributed by atoms with Crippen LogP contribution in [0.5, 0.6) is 0 Å². The fourth-order valence-electron chi connectivity index (χ4n) is 7.02. The molecule has 3 aromatic heterocycles. The minimum atomic E-state index is 0.641. The fourth-order valence-corrected chi connectivity index (χ4v) is 8.10. The number of nitrogens with zero attached hydrogens (tertiary/aromatic N) is 4. The summed E-state index contributed by atoms with van der Waals surface area (Å²) in [7, 11) is 0. The lowest BCUT2D eigenvalue weighted by molar-refractivity contribution is 1.07. The molecule has 0 saturated carbocycles. The summed E-state index contributed by atoms with van der Waals surface area (Å²) < 4.78 is 4.89. The van der Waals surface area contributed by atoms with Gasteiger partial charge >= 0.3 is 0 Å². The molecule has 0 aliphatic carbocycles. The third-order valence-electron chi connectivity index (χ3n) is 9.23. The van der Waals surface area contributed by atoms with E-state index in [2.05, 4.69) is 144 Å². The summed E-state index contributed by atoms with van der Waals surface area (Å²) in [6.45, 7) is 0. The van der Waals surface area contributed by atoms with Crippen molar-refractivity contribution in [1.82, 2.24) is 19.5 Å². The van der Waals surface area contributed by atoms with Crippen LogP contribution in [0.2, 0.25) is 0 Å². The normalized spacial score (nSPS) is 11.8. The second kappa shape index (κ2) is 10.7. The smallest absolute Gasteiger partial charge is 0.164 e. The average molecular weight is 631 g/mol. The predicted octanol–water partition coefficient (Wildman–Crippen LogP) is 11.5. The molecule has 5 heteroatoms. The topological polar surface area (TPSA) is 43.6 Å². The molecule has 10 rings (SSSR count). The molecule has 0 saturated heterocycles. The second-order valence-corrected chi connectivity index (χ2v) is 13.1. The first-order valence-corrected chi connectivity index (χ1v) is 16.9. The monoisotopic (exact) mass is 630 g/mol. The van der Waals surface area contributed by atoms with Crippen molar-refractivity contribution in [2.75, 3.05) is 0 Å². The minimum Gasteiger partial charge on any atom is -0.309 e. The summed E-state index contributed by atoms with van der Waals surface area (Å²) in [5.74, 6) is 1.95. The standard InChI is InChI=1S/C43H26N4S/c1-2-12-28(13-3-1)41-44-42(46-43(45-41)30-22-24-39-35(26-30)33-17-7-9-20-38(33)48-39)29-14-10-15-31(25-29)47-36-19-8-6-18-34(36)40-32-16-5-4-11-27(32)21-23-37(40)47/h1-26H. The molecule has 0 aliphatic heterocycles. The summed E-state index contributed by atoms with van der Waals surface area (Å²) in [5.41, 5.74) is 6.25. The molecule has 7 aromatic carbocycles. The van der Waals surface area contributed by atoms with Crippen molar-refractivity contribution in [3.05, 3.63) is 158 Å². The van der Waals surface area contributed by atoms with Crippen molar-refractivity contribution in [1.29, 1.82) is 0 Å². The molecule has 4 nitrogen and oxygen atoms in total. The number of hydrogen-bond acceptors (Lipinski definition) is 4. The SMILES string of the molecule is c1ccc(-c2nc(-c3cccc(-n4c5ccccc5c5c6ccccc6ccc54)c3)nc(-c3ccc4sc5ccccc5c4c3)n2)cc1. The van der Waals surface area contributed by atoms with Gasteiger partial charge in [-0.15, -0.1) is 11.3 Å². The minimum absolute atomic E-state index is 0.641. The van der Waals surface area contributed by atoms with Crippen LogP contribution < -0.4 is 0 Å². The average Bonchev–Trinajstić information content (AvgIpc) is 3.71. The van der Waals surface area contributed by atoms with Crippen LogP contribution in [0.1, 0.15) is 0 Å². The van der Waals surface area contributed by atoms with Crippen molar-refractivity contribution >= 4 is 64.1 Å². The van der Waals surface area contributed by atoms with E-state index >= 15 is 0 Å². The molecule has 0 unspecified atom stereocenters. The first-order chi connectivity index (χ1) is 23.8. The molecule has 0 bridgehead atoms. The number of para-hydroxylation sites is 1. The molecule has 0 radical (unpaired) electrons. The quantitative estimate of drug-likeness (QED) is 0.194. The third kappa shape index (κ3) is 4.25. The van der Waals surface area contributed by atoms with E-state index in [0.29, 0.717) is 17.5 Å². The Kier molecular flexibility index (Phi) is 6.01. The van der Waals surface area contributed by atoms with Gasteiger partial charge in [0.2, 0.25) is 0 Å². The molecule has 0 spiro atoms. The third-order valence-corrected chi connectivity index (χ3v) is 10.4. The first kappa shape index (κ1) is 27.0. The Labute approximate surface area is 280 Å². The summed E-state index contributed by atoms with van der Waals surface area (Å²) in [6, 6.07) is 55.6. The zero-order valence-electron chi connectivity index (χ0n) is 25.7. The summed E-state index contributed by atoms with van der Waals surface area (Å²) >= 11 is 1.81. The van der Waals surface area contributed by atoms with Gasteiger partial charge < -0.3 is 4.57 Å². The van der Waals surface area contributed by atoms with Crippen LogP contribution in [-0.4, -0.2) is 19.5 Å². The van der Waals surface area contributed by atoms with Crippen molar-refractivity contribution in [2.24, 2.45) is 0 Å². The number of hydrogen-bond donors (Lipinski definition) is 0. The predicted molar refractivity (Wildman–Crippen MR) is 201 cm³/mol. The van der Waals surface area contributed by atoms with Gasteiger partial charge in [-0.05, 0) is 59.3 Å². The van der Waals surface area contributed by atoms with Gasteiger partial charge in [-0.3, -0.25) is 0 Å². The Hall–Kier alpha value is -6.17. The lowest BCUT2D eigenvalue weighted by Crippen LogP contribution is -2.01. The molecule has 10 aromatic rings. The van der Waals surface area contributed by atoms with E-state index in [9.17, 15) is 0 Å². The van der Waals surface area contributed by atoms with Gasteiger partial charge in [0.1, 0.15) is 0 Å². The van der Waals surface area contributed by atoms with Gasteiger partial charge in [0.05, 0.1) is 11.0 Å². The Morgan fingerprint density at radius 3 is 1.90 bits per heavy atom. The molecule has 0 aliphatic rings. The van der Waals surface area contributed by atoms with Crippen molar-refractivity contribution in [3.63, 3.8) is 0 Å². The number of rotatable bonds is 4. The Morgan fingerprint density at radius 2 is 1.04 bits per heavy atom. The van der Waals surface area contributed by atoms with Crippen LogP contribution in [0.4, 0.5) is 0 Å². The van der Waals surface area contributed by atoms with E-state index in [1.54, 1.807) is 0 Å². The van der Waals surface area contributed by atoms with E-state index in [0.717, 1.165) is 22.4 Å². The van der Waals surface area contributed by atoms with Crippen molar-refractivity contribution in [3.8, 4) is 39.9 Å². The maximum Gasteiger partial charge on any atom is 0.164 e. The van der Waals surface area contributed by atoms with Gasteiger partial charge in [0, 0.05) is 53.3 Å². The van der Waals surface area contributed by atoms with Crippen LogP contribution >= 0.6 is 11.3 Å². The van der Waals surface area contributed by atoms with Gasteiger partial charge in [-0.1, -0.05) is 109 Å². The lowest BCUT2D eigenvalue weighted by atomic mass is 10.0. The van der Waals surface area contributed by atoms with Gasteiger partial charge in [-0.2, -0.15) is 0 Å². The maximum atomic E-state index is 5.13. The Bertz CT molecular complexity index is 2850. The van der Waals surface area contributed by atoms with E-state index in [1.165, 1.54) is 52.8 Å². The van der Waals surface area contributed by atoms with Crippen molar-refractivity contribution in [2.45, 2.75) is 0 Å². The number of benzene rings is 7. The maximum absolute atomic E-state index is 5.13. The second-order valence-electron chi connectivity index (χ2n) is 12.1. The highest BCUT2D eigenvalue weighted by Crippen LogP contribution is 2.38. The van der Waals surface area contributed by atoms with Gasteiger partial charge in [-0.25, -0.2) is 15.0 Å². The molecular formula is C43H26N4S. The zero-order chi connectivity index (χ0) is 31.6. The Balaban J connectivity index is 1.18. The fraction of sp³-hybridized carbons (Fsp3) is 0. The highest BCUT2D eigenvalue weighted by Gasteiger charge is 2.17. The molecule has 0 fully saturated rings. The van der Waals surface area contributed by atoms with E-state index in [-0.39, 0.29) is 0 Å². The van der Waals surface area contributed by atoms with E-state index in [4.69, 9.17) is 15.0 Å². The summed E-state index contributed by atoms with van der Waals surface area (Å²) in [5, 5.41) is 7.47. The highest BCUT2D eigenvalue weighted by atomic mass is 32.1. The molecule has 48 heavy (non-hydrogen) atoms. The molecule has 0 amide bonds. The highest BCUT2D eigenvalue weighted by molar-refractivity contribution is 7.25. The summed E-state index contributed by atoms with van der Waals surface area (Å²) in [6.07, 6.45) is 0. The molecule has 0 N–H and O–H groups in total. The lowest BCUT2D eigenvalue weighted by Gasteiger charge is -2.12. The number of fused-ring (bicyclic) bond motifs is 8. The number of thiophene rings is 1. The number of aromatic nitrogens is 4. The first-order valence-electron chi connectivity index (χ1n) is 16.0. The van der Waals surface area contributed by atoms with E-state index < -0.39 is 0 Å². The zero-order valence-corrected chi connectivity index (χ0v) is 26.5.